The van der Waals surface area contributed by atoms with E-state index in [0.29, 0.717) is 11.1 Å². The summed E-state index contributed by atoms with van der Waals surface area (Å²) in [6.07, 6.45) is 0. The fourth-order valence-electron chi connectivity index (χ4n) is 1.92. The number of nitrogens with two attached hydrogens (primary N) is 1. The molecule has 6 nitrogen and oxygen atoms in total. The summed E-state index contributed by atoms with van der Waals surface area (Å²) in [5.74, 6) is -0.645. The molecule has 0 atom stereocenters. The van der Waals surface area contributed by atoms with Gasteiger partial charge in [0.25, 0.3) is 0 Å². The maximum Gasteiger partial charge on any atom is 0.241 e. The largest absolute Gasteiger partial charge is 0.241 e. The van der Waals surface area contributed by atoms with Crippen molar-refractivity contribution in [3.05, 3.63) is 59.4 Å². The zero-order valence-corrected chi connectivity index (χ0v) is 13.8. The van der Waals surface area contributed by atoms with Gasteiger partial charge >= 0.3 is 0 Å². The fraction of sp³-hybridized carbons (Fsp3) is 0.143. The van der Waals surface area contributed by atoms with Crippen LogP contribution in [0.3, 0.4) is 0 Å². The number of hydrogen-bond donors (Lipinski definition) is 2. The summed E-state index contributed by atoms with van der Waals surface area (Å²) in [7, 11) is -7.68. The molecule has 0 aliphatic heterocycles. The normalized spacial score (nSPS) is 12.3. The maximum atomic E-state index is 13.2. The first kappa shape index (κ1) is 17.5. The van der Waals surface area contributed by atoms with Crippen LogP contribution in [0.25, 0.3) is 0 Å². The molecule has 23 heavy (non-hydrogen) atoms. The van der Waals surface area contributed by atoms with Crippen molar-refractivity contribution in [1.82, 2.24) is 4.72 Å². The van der Waals surface area contributed by atoms with Gasteiger partial charge in [-0.3, -0.25) is 0 Å². The van der Waals surface area contributed by atoms with Crippen molar-refractivity contribution in [3.63, 3.8) is 0 Å². The number of primary sulfonamides is 1. The molecule has 0 fully saturated rings. The maximum absolute atomic E-state index is 13.2. The molecule has 3 N–H and O–H groups in total. The van der Waals surface area contributed by atoms with Gasteiger partial charge in [0, 0.05) is 6.54 Å². The first-order chi connectivity index (χ1) is 10.6. The van der Waals surface area contributed by atoms with Crippen LogP contribution >= 0.6 is 0 Å². The van der Waals surface area contributed by atoms with Crippen LogP contribution in [-0.4, -0.2) is 16.8 Å². The highest BCUT2D eigenvalue weighted by molar-refractivity contribution is 7.89. The minimum atomic E-state index is -3.88. The van der Waals surface area contributed by atoms with Crippen molar-refractivity contribution in [2.45, 2.75) is 23.3 Å². The molecule has 2 aromatic rings. The van der Waals surface area contributed by atoms with Crippen LogP contribution in [0.1, 0.15) is 11.1 Å². The van der Waals surface area contributed by atoms with Crippen molar-refractivity contribution in [1.29, 1.82) is 0 Å². The molecule has 0 heterocycles. The number of aryl methyl sites for hydroxylation is 1. The number of halogens is 1. The van der Waals surface area contributed by atoms with E-state index in [1.54, 1.807) is 6.92 Å². The van der Waals surface area contributed by atoms with Crippen LogP contribution in [0.15, 0.2) is 52.3 Å². The summed E-state index contributed by atoms with van der Waals surface area (Å²) in [6.45, 7) is 1.50. The predicted molar refractivity (Wildman–Crippen MR) is 83.0 cm³/mol. The van der Waals surface area contributed by atoms with Gasteiger partial charge in [-0.2, -0.15) is 0 Å². The summed E-state index contributed by atoms with van der Waals surface area (Å²) in [6, 6.07) is 8.97. The van der Waals surface area contributed by atoms with E-state index < -0.39 is 25.9 Å². The Morgan fingerprint density at radius 2 is 1.65 bits per heavy atom. The molecule has 0 aliphatic rings. The summed E-state index contributed by atoms with van der Waals surface area (Å²) < 4.78 is 62.3. The Morgan fingerprint density at radius 3 is 2.22 bits per heavy atom. The first-order valence-electron chi connectivity index (χ1n) is 6.47. The SMILES string of the molecule is Cc1ccc(F)cc1S(=O)(=O)NCc1ccc(S(N)(=O)=O)cc1. The fourth-order valence-corrected chi connectivity index (χ4v) is 3.70. The van der Waals surface area contributed by atoms with E-state index in [9.17, 15) is 21.2 Å². The van der Waals surface area contributed by atoms with Gasteiger partial charge in [0.15, 0.2) is 0 Å². The van der Waals surface area contributed by atoms with E-state index in [2.05, 4.69) is 4.72 Å². The molecule has 9 heteroatoms. The quantitative estimate of drug-likeness (QED) is 0.839. The molecular weight excluding hydrogens is 343 g/mol. The molecule has 2 rings (SSSR count). The molecule has 0 aromatic heterocycles. The van der Waals surface area contributed by atoms with Crippen LogP contribution in [0.2, 0.25) is 0 Å². The van der Waals surface area contributed by atoms with E-state index in [1.165, 1.54) is 36.4 Å². The van der Waals surface area contributed by atoms with Crippen molar-refractivity contribution in [2.75, 3.05) is 0 Å². The van der Waals surface area contributed by atoms with Gasteiger partial charge in [-0.1, -0.05) is 18.2 Å². The van der Waals surface area contributed by atoms with E-state index >= 15 is 0 Å². The molecule has 0 unspecified atom stereocenters. The minimum absolute atomic E-state index is 0.0647. The Morgan fingerprint density at radius 1 is 1.04 bits per heavy atom. The average molecular weight is 358 g/mol. The molecule has 0 bridgehead atoms. The summed E-state index contributed by atoms with van der Waals surface area (Å²) >= 11 is 0. The second-order valence-corrected chi connectivity index (χ2v) is 8.22. The molecule has 0 amide bonds. The number of benzene rings is 2. The number of nitrogens with one attached hydrogen (secondary N) is 1. The van der Waals surface area contributed by atoms with Crippen LogP contribution in [0.5, 0.6) is 0 Å². The standard InChI is InChI=1S/C14H15FN2O4S2/c1-10-2-5-12(15)8-14(10)23(20,21)17-9-11-3-6-13(7-4-11)22(16,18)19/h2-8,17H,9H2,1H3,(H2,16,18,19). The highest BCUT2D eigenvalue weighted by Gasteiger charge is 2.17. The second-order valence-electron chi connectivity index (χ2n) is 4.92. The van der Waals surface area contributed by atoms with Gasteiger partial charge in [-0.15, -0.1) is 0 Å². The lowest BCUT2D eigenvalue weighted by Crippen LogP contribution is -2.24. The lowest BCUT2D eigenvalue weighted by atomic mass is 10.2. The van der Waals surface area contributed by atoms with Crippen molar-refractivity contribution in [3.8, 4) is 0 Å². The van der Waals surface area contributed by atoms with E-state index in [1.807, 2.05) is 0 Å². The smallest absolute Gasteiger partial charge is 0.225 e. The van der Waals surface area contributed by atoms with Crippen LogP contribution < -0.4 is 9.86 Å². The zero-order valence-electron chi connectivity index (χ0n) is 12.2. The first-order valence-corrected chi connectivity index (χ1v) is 9.50. The topological polar surface area (TPSA) is 106 Å². The van der Waals surface area contributed by atoms with E-state index in [4.69, 9.17) is 5.14 Å². The summed E-state index contributed by atoms with van der Waals surface area (Å²) in [5.41, 5.74) is 0.957. The third kappa shape index (κ3) is 4.35. The third-order valence-electron chi connectivity index (χ3n) is 3.16. The second kappa shape index (κ2) is 6.36. The van der Waals surface area contributed by atoms with Gasteiger partial charge in [0.05, 0.1) is 9.79 Å². The van der Waals surface area contributed by atoms with Gasteiger partial charge < -0.3 is 0 Å². The minimum Gasteiger partial charge on any atom is -0.225 e. The van der Waals surface area contributed by atoms with Crippen molar-refractivity contribution >= 4 is 20.0 Å². The Bertz CT molecular complexity index is 924. The van der Waals surface area contributed by atoms with Crippen LogP contribution in [-0.2, 0) is 26.6 Å². The number of rotatable bonds is 5. The van der Waals surface area contributed by atoms with Crippen molar-refractivity contribution < 1.29 is 21.2 Å². The number of sulfonamides is 2. The lowest BCUT2D eigenvalue weighted by molar-refractivity contribution is 0.576. The highest BCUT2D eigenvalue weighted by Crippen LogP contribution is 2.17. The van der Waals surface area contributed by atoms with Crippen LogP contribution in [0.4, 0.5) is 4.39 Å². The lowest BCUT2D eigenvalue weighted by Gasteiger charge is -2.10. The molecule has 0 radical (unpaired) electrons. The molecule has 0 spiro atoms. The van der Waals surface area contributed by atoms with Gasteiger partial charge in [0.1, 0.15) is 5.82 Å². The monoisotopic (exact) mass is 358 g/mol. The van der Waals surface area contributed by atoms with Gasteiger partial charge in [-0.05, 0) is 42.3 Å². The van der Waals surface area contributed by atoms with Gasteiger partial charge in [-0.25, -0.2) is 31.1 Å². The Hall–Kier alpha value is -1.81. The Labute approximate surface area is 134 Å². The third-order valence-corrected chi connectivity index (χ3v) is 5.63. The van der Waals surface area contributed by atoms with E-state index in [0.717, 1.165) is 6.07 Å². The van der Waals surface area contributed by atoms with E-state index in [-0.39, 0.29) is 16.3 Å². The molecule has 0 aliphatic carbocycles. The van der Waals surface area contributed by atoms with Gasteiger partial charge in [0.2, 0.25) is 20.0 Å². The molecule has 0 saturated carbocycles. The molecule has 124 valence electrons. The van der Waals surface area contributed by atoms with Crippen molar-refractivity contribution in [2.24, 2.45) is 5.14 Å². The van der Waals surface area contributed by atoms with Crippen LogP contribution in [0, 0.1) is 12.7 Å². The summed E-state index contributed by atoms with van der Waals surface area (Å²) in [5, 5.41) is 4.98. The molecule has 2 aromatic carbocycles. The zero-order chi connectivity index (χ0) is 17.3. The average Bonchev–Trinajstić information content (AvgIpc) is 2.47. The molecule has 0 saturated heterocycles. The summed E-state index contributed by atoms with van der Waals surface area (Å²) in [4.78, 5) is -0.205. The Balaban J connectivity index is 2.18. The molecular formula is C14H15FN2O4S2. The predicted octanol–water partition coefficient (Wildman–Crippen LogP) is 1.26. The number of hydrogen-bond acceptors (Lipinski definition) is 4. The Kier molecular flexibility index (Phi) is 4.85. The highest BCUT2D eigenvalue weighted by atomic mass is 32.2.